The summed E-state index contributed by atoms with van der Waals surface area (Å²) in [5, 5.41) is 8.88. The minimum absolute atomic E-state index is 0.108. The van der Waals surface area contributed by atoms with E-state index in [0.29, 0.717) is 5.56 Å². The minimum atomic E-state index is -3.53. The molecule has 0 spiro atoms. The quantitative estimate of drug-likeness (QED) is 0.854. The van der Waals surface area contributed by atoms with Crippen molar-refractivity contribution in [3.63, 3.8) is 0 Å². The SMILES string of the molecule is O=S(=O)(NCc1ccoc1)c1ccc(CO)cc1. The second-order valence-electron chi connectivity index (χ2n) is 3.76. The summed E-state index contributed by atoms with van der Waals surface area (Å²) < 4.78 is 31.2. The number of furan rings is 1. The van der Waals surface area contributed by atoms with E-state index in [0.717, 1.165) is 5.56 Å². The molecule has 0 bridgehead atoms. The van der Waals surface area contributed by atoms with Crippen molar-refractivity contribution in [2.75, 3.05) is 0 Å². The van der Waals surface area contributed by atoms with Gasteiger partial charge in [-0.1, -0.05) is 12.1 Å². The Balaban J connectivity index is 2.09. The maximum atomic E-state index is 11.9. The van der Waals surface area contributed by atoms with Crippen LogP contribution in [0.3, 0.4) is 0 Å². The van der Waals surface area contributed by atoms with Gasteiger partial charge in [0, 0.05) is 12.1 Å². The first-order valence-electron chi connectivity index (χ1n) is 5.32. The number of aliphatic hydroxyl groups is 1. The lowest BCUT2D eigenvalue weighted by atomic mass is 10.2. The number of sulfonamides is 1. The highest BCUT2D eigenvalue weighted by Crippen LogP contribution is 2.11. The highest BCUT2D eigenvalue weighted by molar-refractivity contribution is 7.89. The van der Waals surface area contributed by atoms with Crippen LogP contribution >= 0.6 is 0 Å². The Labute approximate surface area is 105 Å². The fourth-order valence-electron chi connectivity index (χ4n) is 1.43. The molecule has 1 aromatic heterocycles. The molecule has 0 aliphatic rings. The van der Waals surface area contributed by atoms with Crippen LogP contribution in [0.5, 0.6) is 0 Å². The Hall–Kier alpha value is -1.63. The third-order valence-corrected chi connectivity index (χ3v) is 3.88. The minimum Gasteiger partial charge on any atom is -0.472 e. The predicted octanol–water partition coefficient (Wildman–Crippen LogP) is 1.25. The molecule has 1 heterocycles. The molecule has 0 saturated carbocycles. The fourth-order valence-corrected chi connectivity index (χ4v) is 2.45. The summed E-state index contributed by atoms with van der Waals surface area (Å²) >= 11 is 0. The van der Waals surface area contributed by atoms with Gasteiger partial charge in [-0.3, -0.25) is 0 Å². The fraction of sp³-hybridized carbons (Fsp3) is 0.167. The molecule has 18 heavy (non-hydrogen) atoms. The highest BCUT2D eigenvalue weighted by atomic mass is 32.2. The molecule has 2 N–H and O–H groups in total. The lowest BCUT2D eigenvalue weighted by molar-refractivity contribution is 0.282. The zero-order chi connectivity index (χ0) is 13.0. The summed E-state index contributed by atoms with van der Waals surface area (Å²) in [5.74, 6) is 0. The Morgan fingerprint density at radius 3 is 2.39 bits per heavy atom. The molecule has 0 unspecified atom stereocenters. The normalized spacial score (nSPS) is 11.6. The van der Waals surface area contributed by atoms with Gasteiger partial charge >= 0.3 is 0 Å². The molecule has 0 amide bonds. The van der Waals surface area contributed by atoms with Gasteiger partial charge in [0.15, 0.2) is 0 Å². The van der Waals surface area contributed by atoms with Crippen molar-refractivity contribution in [2.45, 2.75) is 18.0 Å². The molecule has 6 heteroatoms. The van der Waals surface area contributed by atoms with E-state index in [4.69, 9.17) is 9.52 Å². The van der Waals surface area contributed by atoms with Crippen LogP contribution in [-0.2, 0) is 23.2 Å². The maximum Gasteiger partial charge on any atom is 0.240 e. The average molecular weight is 267 g/mol. The summed E-state index contributed by atoms with van der Waals surface area (Å²) in [5.41, 5.74) is 1.43. The van der Waals surface area contributed by atoms with Crippen LogP contribution < -0.4 is 4.72 Å². The second-order valence-corrected chi connectivity index (χ2v) is 5.53. The van der Waals surface area contributed by atoms with Crippen molar-refractivity contribution in [1.29, 1.82) is 0 Å². The van der Waals surface area contributed by atoms with Gasteiger partial charge in [-0.25, -0.2) is 13.1 Å². The molecule has 2 rings (SSSR count). The lowest BCUT2D eigenvalue weighted by Gasteiger charge is -2.06. The second kappa shape index (κ2) is 5.34. The lowest BCUT2D eigenvalue weighted by Crippen LogP contribution is -2.22. The standard InChI is InChI=1S/C12H13NO4S/c14-8-10-1-3-12(4-2-10)18(15,16)13-7-11-5-6-17-9-11/h1-6,9,13-14H,7-8H2. The summed E-state index contributed by atoms with van der Waals surface area (Å²) in [6.45, 7) is 0.0728. The van der Waals surface area contributed by atoms with Crippen LogP contribution in [0, 0.1) is 0 Å². The molecule has 5 nitrogen and oxygen atoms in total. The van der Waals surface area contributed by atoms with Crippen LogP contribution in [0.4, 0.5) is 0 Å². The van der Waals surface area contributed by atoms with Gasteiger partial charge in [0.25, 0.3) is 0 Å². The largest absolute Gasteiger partial charge is 0.472 e. The Morgan fingerprint density at radius 2 is 1.83 bits per heavy atom. The van der Waals surface area contributed by atoms with E-state index in [1.54, 1.807) is 18.2 Å². The molecule has 0 aliphatic heterocycles. The number of benzene rings is 1. The average Bonchev–Trinajstić information content (AvgIpc) is 2.90. The van der Waals surface area contributed by atoms with Crippen molar-refractivity contribution in [1.82, 2.24) is 4.72 Å². The number of rotatable bonds is 5. The van der Waals surface area contributed by atoms with Crippen molar-refractivity contribution in [2.24, 2.45) is 0 Å². The monoisotopic (exact) mass is 267 g/mol. The molecule has 0 radical (unpaired) electrons. The van der Waals surface area contributed by atoms with Crippen LogP contribution in [0.25, 0.3) is 0 Å². The molecule has 0 saturated heterocycles. The molecular weight excluding hydrogens is 254 g/mol. The summed E-state index contributed by atoms with van der Waals surface area (Å²) in [6.07, 6.45) is 2.97. The van der Waals surface area contributed by atoms with Crippen molar-refractivity contribution < 1.29 is 17.9 Å². The van der Waals surface area contributed by atoms with E-state index in [-0.39, 0.29) is 18.0 Å². The zero-order valence-corrected chi connectivity index (χ0v) is 10.4. The summed E-state index contributed by atoms with van der Waals surface area (Å²) in [4.78, 5) is 0.170. The highest BCUT2D eigenvalue weighted by Gasteiger charge is 2.13. The van der Waals surface area contributed by atoms with Crippen LogP contribution in [-0.4, -0.2) is 13.5 Å². The van der Waals surface area contributed by atoms with Gasteiger partial charge in [-0.2, -0.15) is 0 Å². The van der Waals surface area contributed by atoms with E-state index in [9.17, 15) is 8.42 Å². The third kappa shape index (κ3) is 2.98. The van der Waals surface area contributed by atoms with E-state index >= 15 is 0 Å². The molecule has 0 aliphatic carbocycles. The van der Waals surface area contributed by atoms with Gasteiger partial charge in [0.05, 0.1) is 24.0 Å². The van der Waals surface area contributed by atoms with Gasteiger partial charge in [-0.15, -0.1) is 0 Å². The molecule has 2 aromatic rings. The smallest absolute Gasteiger partial charge is 0.240 e. The van der Waals surface area contributed by atoms with Crippen molar-refractivity contribution in [3.8, 4) is 0 Å². The summed E-state index contributed by atoms with van der Waals surface area (Å²) in [6, 6.07) is 7.77. The molecule has 1 aromatic carbocycles. The van der Waals surface area contributed by atoms with E-state index in [1.807, 2.05) is 0 Å². The topological polar surface area (TPSA) is 79.5 Å². The molecule has 0 fully saturated rings. The Morgan fingerprint density at radius 1 is 1.11 bits per heavy atom. The van der Waals surface area contributed by atoms with Gasteiger partial charge in [-0.05, 0) is 23.8 Å². The molecule has 0 atom stereocenters. The Bertz CT molecular complexity index is 588. The number of aliphatic hydroxyl groups excluding tert-OH is 1. The molecular formula is C12H13NO4S. The van der Waals surface area contributed by atoms with Crippen molar-refractivity contribution >= 4 is 10.0 Å². The first-order chi connectivity index (χ1) is 8.62. The Kier molecular flexibility index (Phi) is 3.81. The number of hydrogen-bond donors (Lipinski definition) is 2. The van der Waals surface area contributed by atoms with E-state index < -0.39 is 10.0 Å². The van der Waals surface area contributed by atoms with Crippen molar-refractivity contribution in [3.05, 3.63) is 54.0 Å². The van der Waals surface area contributed by atoms with Crippen LogP contribution in [0.15, 0.2) is 52.2 Å². The van der Waals surface area contributed by atoms with E-state index in [1.165, 1.54) is 24.7 Å². The van der Waals surface area contributed by atoms with Gasteiger partial charge in [0.1, 0.15) is 0 Å². The van der Waals surface area contributed by atoms with Gasteiger partial charge < -0.3 is 9.52 Å². The van der Waals surface area contributed by atoms with E-state index in [2.05, 4.69) is 4.72 Å². The number of nitrogens with one attached hydrogen (secondary N) is 1. The van der Waals surface area contributed by atoms with Gasteiger partial charge in [0.2, 0.25) is 10.0 Å². The summed E-state index contributed by atoms with van der Waals surface area (Å²) in [7, 11) is -3.53. The predicted molar refractivity (Wildman–Crippen MR) is 65.1 cm³/mol. The number of hydrogen-bond acceptors (Lipinski definition) is 4. The first kappa shape index (κ1) is 12.8. The molecule has 96 valence electrons. The van der Waals surface area contributed by atoms with Crippen LogP contribution in [0.2, 0.25) is 0 Å². The van der Waals surface area contributed by atoms with Crippen LogP contribution in [0.1, 0.15) is 11.1 Å². The first-order valence-corrected chi connectivity index (χ1v) is 6.81. The maximum absolute atomic E-state index is 11.9. The zero-order valence-electron chi connectivity index (χ0n) is 9.54. The third-order valence-electron chi connectivity index (χ3n) is 2.46.